The zero-order valence-corrected chi connectivity index (χ0v) is 6.10. The van der Waals surface area contributed by atoms with Gasteiger partial charge in [-0.15, -0.1) is 0 Å². The van der Waals surface area contributed by atoms with Crippen molar-refractivity contribution in [3.05, 3.63) is 0 Å². The van der Waals surface area contributed by atoms with Gasteiger partial charge >= 0.3 is 0 Å². The molecule has 0 aromatic rings. The molecule has 0 radical (unpaired) electrons. The largest absolute Gasteiger partial charge is 0.307 e. The van der Waals surface area contributed by atoms with Crippen molar-refractivity contribution in [1.82, 2.24) is 4.90 Å². The molecule has 0 atom stereocenters. The second-order valence-electron chi connectivity index (χ2n) is 2.36. The summed E-state index contributed by atoms with van der Waals surface area (Å²) in [6.45, 7) is 4.64. The highest BCUT2D eigenvalue weighted by molar-refractivity contribution is 5.10. The van der Waals surface area contributed by atoms with Crippen LogP contribution < -0.4 is 0 Å². The minimum Gasteiger partial charge on any atom is -0.307 e. The van der Waals surface area contributed by atoms with Gasteiger partial charge < -0.3 is 9.69 Å². The summed E-state index contributed by atoms with van der Waals surface area (Å²) in [5.74, 6) is 0. The van der Waals surface area contributed by atoms with E-state index in [1.165, 1.54) is 32.4 Å². The second-order valence-corrected chi connectivity index (χ2v) is 2.36. The summed E-state index contributed by atoms with van der Waals surface area (Å²) in [5.41, 5.74) is 0. The van der Waals surface area contributed by atoms with Crippen molar-refractivity contribution in [2.75, 3.05) is 20.1 Å². The monoisotopic (exact) mass is 129 g/mol. The number of likely N-dealkylation sites (tertiary alicyclic amines) is 1. The fourth-order valence-corrected chi connectivity index (χ4v) is 1.05. The van der Waals surface area contributed by atoms with Crippen molar-refractivity contribution < 1.29 is 4.79 Å². The van der Waals surface area contributed by atoms with Crippen molar-refractivity contribution in [2.24, 2.45) is 0 Å². The molecule has 1 rings (SSSR count). The van der Waals surface area contributed by atoms with E-state index in [2.05, 4.69) is 11.9 Å². The molecule has 1 aliphatic rings. The summed E-state index contributed by atoms with van der Waals surface area (Å²) in [4.78, 5) is 10.4. The van der Waals surface area contributed by atoms with Crippen LogP contribution >= 0.6 is 0 Å². The van der Waals surface area contributed by atoms with Crippen molar-refractivity contribution in [1.29, 1.82) is 0 Å². The first-order valence-corrected chi connectivity index (χ1v) is 3.37. The van der Waals surface area contributed by atoms with E-state index in [9.17, 15) is 0 Å². The van der Waals surface area contributed by atoms with E-state index < -0.39 is 0 Å². The summed E-state index contributed by atoms with van der Waals surface area (Å²) < 4.78 is 0. The second kappa shape index (κ2) is 5.76. The summed E-state index contributed by atoms with van der Waals surface area (Å²) >= 11 is 0. The van der Waals surface area contributed by atoms with Gasteiger partial charge in [0.05, 0.1) is 0 Å². The predicted molar refractivity (Wildman–Crippen MR) is 38.5 cm³/mol. The quantitative estimate of drug-likeness (QED) is 0.484. The molecular formula is C7H15NO. The molecule has 2 heteroatoms. The molecule has 1 heterocycles. The Kier molecular flexibility index (Phi) is 5.52. The maximum atomic E-state index is 8.00. The van der Waals surface area contributed by atoms with Crippen molar-refractivity contribution in [3.63, 3.8) is 0 Å². The normalized spacial score (nSPS) is 20.1. The first kappa shape index (κ1) is 8.63. The Balaban J connectivity index is 0.000000291. The average molecular weight is 129 g/mol. The third-order valence-corrected chi connectivity index (χ3v) is 1.58. The van der Waals surface area contributed by atoms with Gasteiger partial charge in [0.1, 0.15) is 6.79 Å². The van der Waals surface area contributed by atoms with Gasteiger partial charge in [0.15, 0.2) is 0 Å². The Labute approximate surface area is 56.9 Å². The predicted octanol–water partition coefficient (Wildman–Crippen LogP) is 0.917. The Bertz CT molecular complexity index is 59.9. The van der Waals surface area contributed by atoms with Gasteiger partial charge in [-0.25, -0.2) is 0 Å². The summed E-state index contributed by atoms with van der Waals surface area (Å²) in [6, 6.07) is 0. The molecule has 9 heavy (non-hydrogen) atoms. The lowest BCUT2D eigenvalue weighted by atomic mass is 10.1. The van der Waals surface area contributed by atoms with Crippen LogP contribution in [0.15, 0.2) is 0 Å². The van der Waals surface area contributed by atoms with E-state index in [0.717, 1.165) is 0 Å². The van der Waals surface area contributed by atoms with Crippen LogP contribution in [0.4, 0.5) is 0 Å². The zero-order chi connectivity index (χ0) is 7.11. The van der Waals surface area contributed by atoms with Gasteiger partial charge in [0, 0.05) is 0 Å². The van der Waals surface area contributed by atoms with Gasteiger partial charge in [0.25, 0.3) is 0 Å². The Morgan fingerprint density at radius 3 is 1.78 bits per heavy atom. The molecule has 1 fully saturated rings. The third kappa shape index (κ3) is 4.15. The van der Waals surface area contributed by atoms with Crippen LogP contribution in [-0.2, 0) is 4.79 Å². The van der Waals surface area contributed by atoms with Gasteiger partial charge in [-0.05, 0) is 33.0 Å². The van der Waals surface area contributed by atoms with Gasteiger partial charge in [-0.1, -0.05) is 6.42 Å². The molecule has 0 aliphatic carbocycles. The topological polar surface area (TPSA) is 20.3 Å². The van der Waals surface area contributed by atoms with Gasteiger partial charge in [-0.2, -0.15) is 0 Å². The molecule has 2 nitrogen and oxygen atoms in total. The smallest absolute Gasteiger partial charge is 0.106 e. The number of nitrogens with zero attached hydrogens (tertiary/aromatic N) is 1. The third-order valence-electron chi connectivity index (χ3n) is 1.58. The number of carbonyl (C=O) groups excluding carboxylic acids is 1. The van der Waals surface area contributed by atoms with Crippen LogP contribution in [-0.4, -0.2) is 31.8 Å². The van der Waals surface area contributed by atoms with Crippen LogP contribution in [0.25, 0.3) is 0 Å². The van der Waals surface area contributed by atoms with Crippen molar-refractivity contribution in [3.8, 4) is 0 Å². The Morgan fingerprint density at radius 1 is 1.11 bits per heavy atom. The molecule has 0 bridgehead atoms. The SMILES string of the molecule is C=O.CN1CCCCC1. The molecule has 0 N–H and O–H groups in total. The van der Waals surface area contributed by atoms with E-state index in [0.29, 0.717) is 0 Å². The Morgan fingerprint density at radius 2 is 1.56 bits per heavy atom. The molecular weight excluding hydrogens is 114 g/mol. The standard InChI is InChI=1S/C6H13N.CH2O/c1-7-5-3-2-4-6-7;1-2/h2-6H2,1H3;1H2. The minimum absolute atomic E-state index is 1.32. The first-order valence-electron chi connectivity index (χ1n) is 3.37. The number of rotatable bonds is 0. The highest BCUT2D eigenvalue weighted by Gasteiger charge is 2.02. The van der Waals surface area contributed by atoms with E-state index >= 15 is 0 Å². The van der Waals surface area contributed by atoms with Gasteiger partial charge in [-0.3, -0.25) is 0 Å². The Hall–Kier alpha value is -0.370. The van der Waals surface area contributed by atoms with Crippen molar-refractivity contribution in [2.45, 2.75) is 19.3 Å². The van der Waals surface area contributed by atoms with Crippen molar-refractivity contribution >= 4 is 6.79 Å². The number of hydrogen-bond acceptors (Lipinski definition) is 2. The molecule has 0 spiro atoms. The summed E-state index contributed by atoms with van der Waals surface area (Å²) in [5, 5.41) is 0. The van der Waals surface area contributed by atoms with E-state index in [4.69, 9.17) is 4.79 Å². The molecule has 0 unspecified atom stereocenters. The number of hydrogen-bond donors (Lipinski definition) is 0. The van der Waals surface area contributed by atoms with E-state index in [-0.39, 0.29) is 0 Å². The lowest BCUT2D eigenvalue weighted by Gasteiger charge is -2.20. The van der Waals surface area contributed by atoms with Crippen LogP contribution in [0.3, 0.4) is 0 Å². The molecule has 0 aromatic carbocycles. The van der Waals surface area contributed by atoms with Crippen LogP contribution in [0, 0.1) is 0 Å². The molecule has 54 valence electrons. The first-order chi connectivity index (χ1) is 4.39. The summed E-state index contributed by atoms with van der Waals surface area (Å²) in [6.07, 6.45) is 4.28. The highest BCUT2D eigenvalue weighted by Crippen LogP contribution is 2.04. The zero-order valence-electron chi connectivity index (χ0n) is 6.10. The average Bonchev–Trinajstić information content (AvgIpc) is 1.94. The minimum atomic E-state index is 1.32. The van der Waals surface area contributed by atoms with Gasteiger partial charge in [0.2, 0.25) is 0 Å². The molecule has 0 aromatic heterocycles. The number of carbonyl (C=O) groups is 1. The molecule has 1 saturated heterocycles. The maximum Gasteiger partial charge on any atom is 0.106 e. The number of piperidine rings is 1. The highest BCUT2D eigenvalue weighted by atomic mass is 16.1. The maximum absolute atomic E-state index is 8.00. The molecule has 0 saturated carbocycles. The molecule has 0 amide bonds. The lowest BCUT2D eigenvalue weighted by Crippen LogP contribution is -2.24. The summed E-state index contributed by atoms with van der Waals surface area (Å²) in [7, 11) is 2.19. The van der Waals surface area contributed by atoms with E-state index in [1.807, 2.05) is 6.79 Å². The lowest BCUT2D eigenvalue weighted by molar-refractivity contribution is -0.0979. The van der Waals surface area contributed by atoms with Crippen LogP contribution in [0.5, 0.6) is 0 Å². The van der Waals surface area contributed by atoms with E-state index in [1.54, 1.807) is 0 Å². The molecule has 1 aliphatic heterocycles. The van der Waals surface area contributed by atoms with Crippen LogP contribution in [0.1, 0.15) is 19.3 Å². The van der Waals surface area contributed by atoms with Crippen LogP contribution in [0.2, 0.25) is 0 Å². The fraction of sp³-hybridized carbons (Fsp3) is 0.857. The fourth-order valence-electron chi connectivity index (χ4n) is 1.05.